The van der Waals surface area contributed by atoms with Crippen molar-refractivity contribution in [3.8, 4) is 5.75 Å². The highest BCUT2D eigenvalue weighted by atomic mass is 79.9. The minimum atomic E-state index is -0.459. The first kappa shape index (κ1) is 15.4. The van der Waals surface area contributed by atoms with Crippen LogP contribution in [0.5, 0.6) is 5.75 Å². The van der Waals surface area contributed by atoms with E-state index < -0.39 is 6.10 Å². The Morgan fingerprint density at radius 2 is 2.22 bits per heavy atom. The number of methoxy groups -OCH3 is 1. The number of halogens is 1. The van der Waals surface area contributed by atoms with Gasteiger partial charge in [0.05, 0.1) is 13.2 Å². The van der Waals surface area contributed by atoms with E-state index in [4.69, 9.17) is 10.5 Å². The summed E-state index contributed by atoms with van der Waals surface area (Å²) in [5, 5.41) is 9.47. The van der Waals surface area contributed by atoms with Crippen LogP contribution in [-0.4, -0.2) is 49.9 Å². The van der Waals surface area contributed by atoms with E-state index >= 15 is 0 Å². The quantitative estimate of drug-likeness (QED) is 0.795. The Hall–Kier alpha value is -0.620. The van der Waals surface area contributed by atoms with E-state index in [1.54, 1.807) is 7.11 Å². The number of aliphatic hydroxyl groups is 1. The van der Waals surface area contributed by atoms with Gasteiger partial charge >= 0.3 is 0 Å². The molecule has 18 heavy (non-hydrogen) atoms. The third-order valence-corrected chi connectivity index (χ3v) is 3.29. The van der Waals surface area contributed by atoms with Crippen LogP contribution in [0.4, 0.5) is 0 Å². The van der Waals surface area contributed by atoms with Gasteiger partial charge in [-0.2, -0.15) is 0 Å². The van der Waals surface area contributed by atoms with Crippen molar-refractivity contribution in [3.63, 3.8) is 0 Å². The number of benzene rings is 1. The van der Waals surface area contributed by atoms with Crippen LogP contribution in [0.25, 0.3) is 0 Å². The van der Waals surface area contributed by atoms with Crippen molar-refractivity contribution in [1.82, 2.24) is 4.90 Å². The summed E-state index contributed by atoms with van der Waals surface area (Å²) in [6.45, 7) is 1.74. The van der Waals surface area contributed by atoms with Gasteiger partial charge in [-0.3, -0.25) is 0 Å². The van der Waals surface area contributed by atoms with Crippen molar-refractivity contribution >= 4 is 15.9 Å². The Morgan fingerprint density at radius 1 is 1.50 bits per heavy atom. The highest BCUT2D eigenvalue weighted by molar-refractivity contribution is 9.10. The van der Waals surface area contributed by atoms with Gasteiger partial charge in [-0.05, 0) is 37.2 Å². The Balaban J connectivity index is 2.54. The second-order valence-corrected chi connectivity index (χ2v) is 5.27. The molecule has 0 aromatic heterocycles. The Bertz CT molecular complexity index is 374. The van der Waals surface area contributed by atoms with E-state index in [9.17, 15) is 5.11 Å². The maximum absolute atomic E-state index is 9.47. The molecule has 0 saturated heterocycles. The normalized spacial score (nSPS) is 12.8. The van der Waals surface area contributed by atoms with Gasteiger partial charge in [0.25, 0.3) is 0 Å². The maximum atomic E-state index is 9.47. The third kappa shape index (κ3) is 4.94. The van der Waals surface area contributed by atoms with Crippen LogP contribution in [-0.2, 0) is 6.42 Å². The maximum Gasteiger partial charge on any atom is 0.122 e. The second kappa shape index (κ2) is 7.74. The molecule has 0 saturated carbocycles. The number of likely N-dealkylation sites (N-methyl/N-ethyl adjacent to an activating group) is 1. The van der Waals surface area contributed by atoms with Gasteiger partial charge in [0.15, 0.2) is 0 Å². The van der Waals surface area contributed by atoms with Crippen LogP contribution in [0, 0.1) is 0 Å². The molecular weight excluding hydrogens is 296 g/mol. The molecule has 0 heterocycles. The zero-order chi connectivity index (χ0) is 13.5. The Kier molecular flexibility index (Phi) is 6.63. The van der Waals surface area contributed by atoms with Gasteiger partial charge in [0.1, 0.15) is 5.75 Å². The van der Waals surface area contributed by atoms with Crippen molar-refractivity contribution in [2.45, 2.75) is 12.5 Å². The van der Waals surface area contributed by atoms with E-state index in [0.29, 0.717) is 13.1 Å². The Morgan fingerprint density at radius 3 is 2.83 bits per heavy atom. The first-order valence-electron chi connectivity index (χ1n) is 5.96. The summed E-state index contributed by atoms with van der Waals surface area (Å²) in [6, 6.07) is 5.98. The van der Waals surface area contributed by atoms with Crippen LogP contribution >= 0.6 is 15.9 Å². The van der Waals surface area contributed by atoms with Crippen LogP contribution < -0.4 is 10.5 Å². The number of nitrogens with two attached hydrogens (primary N) is 1. The lowest BCUT2D eigenvalue weighted by Crippen LogP contribution is -2.35. The first-order chi connectivity index (χ1) is 8.56. The summed E-state index contributed by atoms with van der Waals surface area (Å²) in [5.41, 5.74) is 6.54. The summed E-state index contributed by atoms with van der Waals surface area (Å²) in [7, 11) is 3.65. The summed E-state index contributed by atoms with van der Waals surface area (Å²) in [4.78, 5) is 2.07. The molecule has 5 heteroatoms. The largest absolute Gasteiger partial charge is 0.496 e. The molecule has 0 aliphatic rings. The molecule has 0 fully saturated rings. The van der Waals surface area contributed by atoms with Gasteiger partial charge in [-0.25, -0.2) is 0 Å². The zero-order valence-electron chi connectivity index (χ0n) is 10.9. The smallest absolute Gasteiger partial charge is 0.122 e. The molecular formula is C13H21BrN2O2. The highest BCUT2D eigenvalue weighted by Crippen LogP contribution is 2.23. The van der Waals surface area contributed by atoms with Crippen molar-refractivity contribution in [2.24, 2.45) is 5.73 Å². The number of hydrogen-bond donors (Lipinski definition) is 2. The van der Waals surface area contributed by atoms with E-state index in [1.807, 2.05) is 19.2 Å². The van der Waals surface area contributed by atoms with Gasteiger partial charge in [-0.15, -0.1) is 0 Å². The number of ether oxygens (including phenoxy) is 1. The molecule has 0 aliphatic heterocycles. The minimum Gasteiger partial charge on any atom is -0.496 e. The fourth-order valence-electron chi connectivity index (χ4n) is 1.78. The standard InChI is InChI=1S/C13H21BrN2O2/c1-16(9-12(17)8-15)6-5-10-7-11(14)3-4-13(10)18-2/h3-4,7,12,17H,5-6,8-9,15H2,1-2H3. The highest BCUT2D eigenvalue weighted by Gasteiger charge is 2.08. The zero-order valence-corrected chi connectivity index (χ0v) is 12.5. The average Bonchev–Trinajstić information content (AvgIpc) is 2.36. The van der Waals surface area contributed by atoms with Crippen molar-refractivity contribution < 1.29 is 9.84 Å². The Labute approximate surface area is 117 Å². The molecule has 0 bridgehead atoms. The number of aliphatic hydroxyl groups excluding tert-OH is 1. The van der Waals surface area contributed by atoms with Crippen molar-refractivity contribution in [1.29, 1.82) is 0 Å². The molecule has 1 atom stereocenters. The van der Waals surface area contributed by atoms with Crippen LogP contribution in [0.1, 0.15) is 5.56 Å². The third-order valence-electron chi connectivity index (χ3n) is 2.80. The molecule has 1 aromatic rings. The van der Waals surface area contributed by atoms with E-state index in [0.717, 1.165) is 28.8 Å². The molecule has 0 amide bonds. The van der Waals surface area contributed by atoms with Crippen LogP contribution in [0.3, 0.4) is 0 Å². The number of hydrogen-bond acceptors (Lipinski definition) is 4. The SMILES string of the molecule is COc1ccc(Br)cc1CCN(C)CC(O)CN. The van der Waals surface area contributed by atoms with Gasteiger partial charge < -0.3 is 20.5 Å². The predicted molar refractivity (Wildman–Crippen MR) is 77.0 cm³/mol. The summed E-state index contributed by atoms with van der Waals surface area (Å²) >= 11 is 3.46. The topological polar surface area (TPSA) is 58.7 Å². The van der Waals surface area contributed by atoms with E-state index in [2.05, 4.69) is 26.9 Å². The predicted octanol–water partition coefficient (Wildman–Crippen LogP) is 1.25. The molecule has 102 valence electrons. The molecule has 0 radical (unpaired) electrons. The molecule has 4 nitrogen and oxygen atoms in total. The van der Waals surface area contributed by atoms with Crippen molar-refractivity contribution in [2.75, 3.05) is 33.8 Å². The van der Waals surface area contributed by atoms with Crippen molar-refractivity contribution in [3.05, 3.63) is 28.2 Å². The lowest BCUT2D eigenvalue weighted by atomic mass is 10.1. The second-order valence-electron chi connectivity index (χ2n) is 4.36. The number of nitrogens with zero attached hydrogens (tertiary/aromatic N) is 1. The monoisotopic (exact) mass is 316 g/mol. The molecule has 1 rings (SSSR count). The van der Waals surface area contributed by atoms with Gasteiger partial charge in [0.2, 0.25) is 0 Å². The van der Waals surface area contributed by atoms with Gasteiger partial charge in [-0.1, -0.05) is 15.9 Å². The summed E-state index contributed by atoms with van der Waals surface area (Å²) in [5.74, 6) is 0.894. The molecule has 1 unspecified atom stereocenters. The molecule has 3 N–H and O–H groups in total. The fourth-order valence-corrected chi connectivity index (χ4v) is 2.19. The fraction of sp³-hybridized carbons (Fsp3) is 0.538. The first-order valence-corrected chi connectivity index (χ1v) is 6.75. The van der Waals surface area contributed by atoms with E-state index in [1.165, 1.54) is 0 Å². The van der Waals surface area contributed by atoms with Gasteiger partial charge in [0, 0.05) is 24.1 Å². The lowest BCUT2D eigenvalue weighted by molar-refractivity contribution is 0.133. The van der Waals surface area contributed by atoms with E-state index in [-0.39, 0.29) is 0 Å². The minimum absolute atomic E-state index is 0.296. The number of rotatable bonds is 7. The molecule has 0 spiro atoms. The molecule has 1 aromatic carbocycles. The summed E-state index contributed by atoms with van der Waals surface area (Å²) < 4.78 is 6.37. The summed E-state index contributed by atoms with van der Waals surface area (Å²) in [6.07, 6.45) is 0.413. The van der Waals surface area contributed by atoms with Crippen LogP contribution in [0.15, 0.2) is 22.7 Å². The average molecular weight is 317 g/mol. The lowest BCUT2D eigenvalue weighted by Gasteiger charge is -2.20. The van der Waals surface area contributed by atoms with Crippen LogP contribution in [0.2, 0.25) is 0 Å². The molecule has 0 aliphatic carbocycles.